The number of hydrogen-bond donors (Lipinski definition) is 2. The minimum atomic E-state index is -0.434. The van der Waals surface area contributed by atoms with Gasteiger partial charge in [-0.15, -0.1) is 0 Å². The summed E-state index contributed by atoms with van der Waals surface area (Å²) in [5, 5.41) is 5.24. The number of amides is 2. The fourth-order valence-corrected chi connectivity index (χ4v) is 2.26. The number of benzene rings is 1. The molecule has 4 nitrogen and oxygen atoms in total. The van der Waals surface area contributed by atoms with Gasteiger partial charge in [0.25, 0.3) is 0 Å². The first-order valence-electron chi connectivity index (χ1n) is 5.50. The van der Waals surface area contributed by atoms with Crippen molar-refractivity contribution in [3.05, 3.63) is 28.0 Å². The molecule has 2 rings (SSSR count). The van der Waals surface area contributed by atoms with Gasteiger partial charge < -0.3 is 10.6 Å². The van der Waals surface area contributed by atoms with Crippen LogP contribution in [-0.2, 0) is 9.59 Å². The van der Waals surface area contributed by atoms with E-state index in [4.69, 9.17) is 0 Å². The number of hydrogen-bond acceptors (Lipinski definition) is 2. The third-order valence-electron chi connectivity index (χ3n) is 2.87. The second kappa shape index (κ2) is 5.06. The lowest BCUT2D eigenvalue weighted by atomic mass is 10.1. The molecule has 1 fully saturated rings. The molecule has 1 atom stereocenters. The molecule has 18 heavy (non-hydrogen) atoms. The summed E-state index contributed by atoms with van der Waals surface area (Å²) >= 11 is 3.08. The van der Waals surface area contributed by atoms with Crippen molar-refractivity contribution in [1.29, 1.82) is 0 Å². The van der Waals surface area contributed by atoms with Crippen molar-refractivity contribution in [2.75, 3.05) is 11.9 Å². The summed E-state index contributed by atoms with van der Waals surface area (Å²) < 4.78 is 13.7. The van der Waals surface area contributed by atoms with Crippen LogP contribution in [0.15, 0.2) is 16.6 Å². The van der Waals surface area contributed by atoms with Crippen LogP contribution in [0.1, 0.15) is 12.0 Å². The smallest absolute Gasteiger partial charge is 0.229 e. The predicted octanol–water partition coefficient (Wildman–Crippen LogP) is 1.97. The molecule has 0 aliphatic carbocycles. The summed E-state index contributed by atoms with van der Waals surface area (Å²) in [7, 11) is 0. The molecule has 1 aromatic carbocycles. The monoisotopic (exact) mass is 314 g/mol. The summed E-state index contributed by atoms with van der Waals surface area (Å²) in [4.78, 5) is 22.9. The topological polar surface area (TPSA) is 58.2 Å². The van der Waals surface area contributed by atoms with Crippen LogP contribution in [0.3, 0.4) is 0 Å². The molecule has 0 spiro atoms. The van der Waals surface area contributed by atoms with E-state index in [1.54, 1.807) is 13.0 Å². The molecule has 1 aliphatic rings. The van der Waals surface area contributed by atoms with Crippen LogP contribution in [-0.4, -0.2) is 18.4 Å². The van der Waals surface area contributed by atoms with E-state index in [1.165, 1.54) is 6.07 Å². The molecule has 0 aromatic heterocycles. The Balaban J connectivity index is 2.12. The molecule has 96 valence electrons. The van der Waals surface area contributed by atoms with Gasteiger partial charge in [0, 0.05) is 18.7 Å². The molecule has 1 aliphatic heterocycles. The number of carbonyl (C=O) groups is 2. The highest BCUT2D eigenvalue weighted by Gasteiger charge is 2.28. The zero-order valence-electron chi connectivity index (χ0n) is 9.72. The number of carbonyl (C=O) groups excluding carboxylic acids is 2. The Bertz CT molecular complexity index is 519. The lowest BCUT2D eigenvalue weighted by Crippen LogP contribution is -2.25. The third-order valence-corrected chi connectivity index (χ3v) is 3.48. The van der Waals surface area contributed by atoms with Crippen molar-refractivity contribution < 1.29 is 14.0 Å². The Morgan fingerprint density at radius 1 is 1.56 bits per heavy atom. The highest BCUT2D eigenvalue weighted by Crippen LogP contribution is 2.24. The quantitative estimate of drug-likeness (QED) is 0.877. The number of nitrogens with one attached hydrogen (secondary N) is 2. The van der Waals surface area contributed by atoms with E-state index >= 15 is 0 Å². The second-order valence-corrected chi connectivity index (χ2v) is 5.13. The molecule has 0 radical (unpaired) electrons. The van der Waals surface area contributed by atoms with Crippen LogP contribution in [0.2, 0.25) is 0 Å². The average molecular weight is 315 g/mol. The van der Waals surface area contributed by atoms with Crippen molar-refractivity contribution in [2.45, 2.75) is 13.3 Å². The van der Waals surface area contributed by atoms with Gasteiger partial charge in [-0.25, -0.2) is 4.39 Å². The van der Waals surface area contributed by atoms with E-state index in [-0.39, 0.29) is 24.2 Å². The first-order valence-corrected chi connectivity index (χ1v) is 6.30. The molecule has 1 aromatic rings. The summed E-state index contributed by atoms with van der Waals surface area (Å²) in [5.41, 5.74) is 1.19. The standard InChI is InChI=1S/C12H12BrFN2O2/c1-6-2-8(13)9(14)4-10(6)16-12(18)7-3-11(17)15-5-7/h2,4,7H,3,5H2,1H3,(H,15,17)(H,16,18). The van der Waals surface area contributed by atoms with Gasteiger partial charge in [-0.3, -0.25) is 9.59 Å². The van der Waals surface area contributed by atoms with Crippen molar-refractivity contribution in [3.8, 4) is 0 Å². The molecule has 6 heteroatoms. The third kappa shape index (κ3) is 2.69. The highest BCUT2D eigenvalue weighted by molar-refractivity contribution is 9.10. The maximum atomic E-state index is 13.4. The summed E-state index contributed by atoms with van der Waals surface area (Å²) in [6.45, 7) is 2.11. The van der Waals surface area contributed by atoms with Crippen LogP contribution in [0.25, 0.3) is 0 Å². The largest absolute Gasteiger partial charge is 0.355 e. The molecule has 0 saturated carbocycles. The Kier molecular flexibility index (Phi) is 3.65. The number of anilines is 1. The molecular formula is C12H12BrFN2O2. The van der Waals surface area contributed by atoms with Crippen LogP contribution in [0, 0.1) is 18.7 Å². The summed E-state index contributed by atoms with van der Waals surface area (Å²) in [6.07, 6.45) is 0.184. The van der Waals surface area contributed by atoms with Gasteiger partial charge in [-0.2, -0.15) is 0 Å². The minimum Gasteiger partial charge on any atom is -0.355 e. The number of rotatable bonds is 2. The van der Waals surface area contributed by atoms with Crippen LogP contribution in [0.4, 0.5) is 10.1 Å². The number of aryl methyl sites for hydroxylation is 1. The lowest BCUT2D eigenvalue weighted by molar-refractivity contribution is -0.123. The van der Waals surface area contributed by atoms with Crippen molar-refractivity contribution in [1.82, 2.24) is 5.32 Å². The molecule has 1 heterocycles. The number of halogens is 2. The Morgan fingerprint density at radius 2 is 2.28 bits per heavy atom. The summed E-state index contributed by atoms with van der Waals surface area (Å²) in [5.74, 6) is -1.22. The minimum absolute atomic E-state index is 0.131. The van der Waals surface area contributed by atoms with Gasteiger partial charge in [0.1, 0.15) is 5.82 Å². The van der Waals surface area contributed by atoms with Crippen LogP contribution >= 0.6 is 15.9 Å². The molecule has 2 N–H and O–H groups in total. The predicted molar refractivity (Wildman–Crippen MR) is 68.6 cm³/mol. The second-order valence-electron chi connectivity index (χ2n) is 4.28. The Morgan fingerprint density at radius 3 is 2.89 bits per heavy atom. The Hall–Kier alpha value is -1.43. The van der Waals surface area contributed by atoms with Crippen LogP contribution in [0.5, 0.6) is 0 Å². The van der Waals surface area contributed by atoms with E-state index in [2.05, 4.69) is 26.6 Å². The fraction of sp³-hybridized carbons (Fsp3) is 0.333. The molecule has 2 amide bonds. The molecule has 1 unspecified atom stereocenters. The fourth-order valence-electron chi connectivity index (χ4n) is 1.81. The van der Waals surface area contributed by atoms with Gasteiger partial charge in [-0.05, 0) is 40.5 Å². The normalized spacial score (nSPS) is 18.6. The molecule has 1 saturated heterocycles. The van der Waals surface area contributed by atoms with E-state index in [9.17, 15) is 14.0 Å². The first-order chi connectivity index (χ1) is 8.47. The molecule has 0 bridgehead atoms. The van der Waals surface area contributed by atoms with E-state index < -0.39 is 5.82 Å². The highest BCUT2D eigenvalue weighted by atomic mass is 79.9. The van der Waals surface area contributed by atoms with Gasteiger partial charge in [-0.1, -0.05) is 0 Å². The lowest BCUT2D eigenvalue weighted by Gasteiger charge is -2.12. The van der Waals surface area contributed by atoms with Gasteiger partial charge in [0.2, 0.25) is 11.8 Å². The zero-order valence-corrected chi connectivity index (χ0v) is 11.3. The first kappa shape index (κ1) is 13.0. The zero-order chi connectivity index (χ0) is 13.3. The molecular weight excluding hydrogens is 303 g/mol. The van der Waals surface area contributed by atoms with E-state index in [0.29, 0.717) is 16.7 Å². The van der Waals surface area contributed by atoms with E-state index in [1.807, 2.05) is 0 Å². The summed E-state index contributed by atoms with van der Waals surface area (Å²) in [6, 6.07) is 2.87. The average Bonchev–Trinajstić information content (AvgIpc) is 2.73. The van der Waals surface area contributed by atoms with E-state index in [0.717, 1.165) is 5.56 Å². The van der Waals surface area contributed by atoms with Gasteiger partial charge >= 0.3 is 0 Å². The maximum Gasteiger partial charge on any atom is 0.229 e. The Labute approximate surface area is 112 Å². The van der Waals surface area contributed by atoms with Crippen molar-refractivity contribution in [3.63, 3.8) is 0 Å². The maximum absolute atomic E-state index is 13.4. The SMILES string of the molecule is Cc1cc(Br)c(F)cc1NC(=O)C1CNC(=O)C1. The van der Waals surface area contributed by atoms with Crippen molar-refractivity contribution in [2.24, 2.45) is 5.92 Å². The van der Waals surface area contributed by atoms with Gasteiger partial charge in [0.05, 0.1) is 10.4 Å². The van der Waals surface area contributed by atoms with Crippen molar-refractivity contribution >= 4 is 33.4 Å². The van der Waals surface area contributed by atoms with Gasteiger partial charge in [0.15, 0.2) is 0 Å². The van der Waals surface area contributed by atoms with Crippen LogP contribution < -0.4 is 10.6 Å².